The molecule has 3 aromatic carbocycles. The Labute approximate surface area is 205 Å². The second-order valence-electron chi connectivity index (χ2n) is 8.65. The summed E-state index contributed by atoms with van der Waals surface area (Å²) in [6.45, 7) is 3.13. The van der Waals surface area contributed by atoms with E-state index in [4.69, 9.17) is 4.74 Å². The zero-order chi connectivity index (χ0) is 24.6. The first-order valence-electron chi connectivity index (χ1n) is 11.6. The minimum absolute atomic E-state index is 0.0885. The average molecular weight is 472 g/mol. The van der Waals surface area contributed by atoms with Gasteiger partial charge < -0.3 is 20.3 Å². The molecule has 1 aliphatic heterocycles. The number of ether oxygens (including phenoxy) is 1. The highest BCUT2D eigenvalue weighted by Gasteiger charge is 2.35. The van der Waals surface area contributed by atoms with Crippen molar-refractivity contribution in [2.45, 2.75) is 26.4 Å². The van der Waals surface area contributed by atoms with Crippen molar-refractivity contribution in [1.82, 2.24) is 10.6 Å². The van der Waals surface area contributed by atoms with E-state index in [9.17, 15) is 14.4 Å². The average Bonchev–Trinajstić information content (AvgIpc) is 3.28. The predicted molar refractivity (Wildman–Crippen MR) is 134 cm³/mol. The van der Waals surface area contributed by atoms with Gasteiger partial charge in [-0.15, -0.1) is 0 Å². The number of carbonyl (C=O) groups is 3. The van der Waals surface area contributed by atoms with E-state index in [2.05, 4.69) is 10.6 Å². The molecule has 1 heterocycles. The van der Waals surface area contributed by atoms with Gasteiger partial charge in [0.2, 0.25) is 11.8 Å². The largest absolute Gasteiger partial charge is 0.484 e. The first-order valence-corrected chi connectivity index (χ1v) is 11.6. The van der Waals surface area contributed by atoms with E-state index in [1.807, 2.05) is 61.5 Å². The molecule has 1 aliphatic rings. The maximum Gasteiger partial charge on any atom is 0.258 e. The van der Waals surface area contributed by atoms with Crippen LogP contribution in [0.1, 0.15) is 23.1 Å². The van der Waals surface area contributed by atoms with Crippen LogP contribution in [-0.2, 0) is 27.5 Å². The van der Waals surface area contributed by atoms with Gasteiger partial charge >= 0.3 is 0 Å². The molecule has 0 aromatic heterocycles. The highest BCUT2D eigenvalue weighted by Crippen LogP contribution is 2.27. The minimum atomic E-state index is -0.391. The highest BCUT2D eigenvalue weighted by atomic mass is 16.5. The van der Waals surface area contributed by atoms with Gasteiger partial charge in [0, 0.05) is 31.7 Å². The number of benzene rings is 3. The number of nitrogens with one attached hydrogen (secondary N) is 2. The third-order valence-corrected chi connectivity index (χ3v) is 5.93. The molecule has 1 saturated heterocycles. The van der Waals surface area contributed by atoms with Crippen LogP contribution in [0.4, 0.5) is 5.69 Å². The van der Waals surface area contributed by atoms with Crippen molar-refractivity contribution in [2.75, 3.05) is 18.1 Å². The lowest BCUT2D eigenvalue weighted by atomic mass is 10.1. The lowest BCUT2D eigenvalue weighted by molar-refractivity contribution is -0.126. The summed E-state index contributed by atoms with van der Waals surface area (Å²) in [5, 5.41) is 5.75. The number of nitrogens with zero attached hydrogens (tertiary/aromatic N) is 1. The summed E-state index contributed by atoms with van der Waals surface area (Å²) in [6.07, 6.45) is 0.180. The minimum Gasteiger partial charge on any atom is -0.484 e. The number of hydrogen-bond donors (Lipinski definition) is 2. The summed E-state index contributed by atoms with van der Waals surface area (Å²) >= 11 is 0. The lowest BCUT2D eigenvalue weighted by Crippen LogP contribution is -2.32. The Balaban J connectivity index is 1.23. The molecule has 0 saturated carbocycles. The molecule has 1 fully saturated rings. The van der Waals surface area contributed by atoms with Crippen LogP contribution in [-0.4, -0.2) is 30.9 Å². The third-order valence-electron chi connectivity index (χ3n) is 5.93. The third kappa shape index (κ3) is 6.69. The molecule has 35 heavy (non-hydrogen) atoms. The first kappa shape index (κ1) is 24.0. The van der Waals surface area contributed by atoms with E-state index in [0.29, 0.717) is 31.1 Å². The normalized spacial score (nSPS) is 15.1. The molecule has 4 rings (SSSR count). The molecule has 0 radical (unpaired) electrons. The Morgan fingerprint density at radius 3 is 2.26 bits per heavy atom. The van der Waals surface area contributed by atoms with Crippen molar-refractivity contribution in [2.24, 2.45) is 5.92 Å². The van der Waals surface area contributed by atoms with Crippen LogP contribution < -0.4 is 20.3 Å². The van der Waals surface area contributed by atoms with E-state index >= 15 is 0 Å². The quantitative estimate of drug-likeness (QED) is 0.501. The zero-order valence-corrected chi connectivity index (χ0v) is 19.7. The van der Waals surface area contributed by atoms with Crippen LogP contribution in [0.5, 0.6) is 5.75 Å². The predicted octanol–water partition coefficient (Wildman–Crippen LogP) is 3.36. The smallest absolute Gasteiger partial charge is 0.258 e. The summed E-state index contributed by atoms with van der Waals surface area (Å²) in [7, 11) is 0. The first-order chi connectivity index (χ1) is 17.0. The number of amides is 3. The summed E-state index contributed by atoms with van der Waals surface area (Å²) in [5.41, 5.74) is 3.90. The molecule has 0 unspecified atom stereocenters. The van der Waals surface area contributed by atoms with Gasteiger partial charge in [-0.3, -0.25) is 14.4 Å². The summed E-state index contributed by atoms with van der Waals surface area (Å²) < 4.78 is 5.56. The number of hydrogen-bond acceptors (Lipinski definition) is 4. The Hall–Kier alpha value is -4.13. The van der Waals surface area contributed by atoms with Crippen molar-refractivity contribution >= 4 is 23.4 Å². The Kier molecular flexibility index (Phi) is 7.77. The van der Waals surface area contributed by atoms with E-state index in [1.54, 1.807) is 29.2 Å². The molecule has 1 atom stereocenters. The van der Waals surface area contributed by atoms with Crippen molar-refractivity contribution in [1.29, 1.82) is 0 Å². The van der Waals surface area contributed by atoms with Crippen LogP contribution >= 0.6 is 0 Å². The van der Waals surface area contributed by atoms with Gasteiger partial charge in [-0.25, -0.2) is 0 Å². The Morgan fingerprint density at radius 2 is 1.54 bits per heavy atom. The summed E-state index contributed by atoms with van der Waals surface area (Å²) in [4.78, 5) is 38.8. The molecular formula is C28H29N3O4. The topological polar surface area (TPSA) is 87.7 Å². The van der Waals surface area contributed by atoms with Gasteiger partial charge in [-0.05, 0) is 42.3 Å². The summed E-state index contributed by atoms with van der Waals surface area (Å²) in [5.74, 6) is -0.288. The SMILES string of the molecule is Cc1ccc(CNC(=O)[C@@H]2CC(=O)N(c3ccc(OCC(=O)NCc4ccccc4)cc3)C2)cc1. The van der Waals surface area contributed by atoms with Gasteiger partial charge in [0.15, 0.2) is 6.61 Å². The maximum absolute atomic E-state index is 12.6. The molecular weight excluding hydrogens is 442 g/mol. The van der Waals surface area contributed by atoms with Crippen molar-refractivity contribution in [3.8, 4) is 5.75 Å². The van der Waals surface area contributed by atoms with Gasteiger partial charge in [-0.1, -0.05) is 60.2 Å². The Morgan fingerprint density at radius 1 is 0.886 bits per heavy atom. The van der Waals surface area contributed by atoms with Crippen LogP contribution in [0.25, 0.3) is 0 Å². The van der Waals surface area contributed by atoms with Crippen LogP contribution in [0, 0.1) is 12.8 Å². The molecule has 2 N–H and O–H groups in total. The van der Waals surface area contributed by atoms with Crippen LogP contribution in [0.3, 0.4) is 0 Å². The molecule has 7 heteroatoms. The van der Waals surface area contributed by atoms with E-state index < -0.39 is 5.92 Å². The van der Waals surface area contributed by atoms with Crippen molar-refractivity contribution < 1.29 is 19.1 Å². The fourth-order valence-electron chi connectivity index (χ4n) is 3.89. The summed E-state index contributed by atoms with van der Waals surface area (Å²) in [6, 6.07) is 24.6. The second-order valence-corrected chi connectivity index (χ2v) is 8.65. The van der Waals surface area contributed by atoms with Crippen LogP contribution in [0.15, 0.2) is 78.9 Å². The number of anilines is 1. The molecule has 3 aromatic rings. The van der Waals surface area contributed by atoms with E-state index in [0.717, 1.165) is 11.1 Å². The van der Waals surface area contributed by atoms with Crippen LogP contribution in [0.2, 0.25) is 0 Å². The fraction of sp³-hybridized carbons (Fsp3) is 0.250. The van der Waals surface area contributed by atoms with Crippen molar-refractivity contribution in [3.63, 3.8) is 0 Å². The molecule has 180 valence electrons. The maximum atomic E-state index is 12.6. The fourth-order valence-corrected chi connectivity index (χ4v) is 3.89. The van der Waals surface area contributed by atoms with Crippen molar-refractivity contribution in [3.05, 3.63) is 95.6 Å². The van der Waals surface area contributed by atoms with E-state index in [-0.39, 0.29) is 30.7 Å². The zero-order valence-electron chi connectivity index (χ0n) is 19.7. The molecule has 3 amide bonds. The number of rotatable bonds is 9. The monoisotopic (exact) mass is 471 g/mol. The standard InChI is InChI=1S/C28H29N3O4/c1-20-7-9-22(10-8-20)17-30-28(34)23-15-27(33)31(18-23)24-11-13-25(14-12-24)35-19-26(32)29-16-21-5-3-2-4-6-21/h2-14,23H,15-19H2,1H3,(H,29,32)(H,30,34)/t23-/m1/s1. The number of aryl methyl sites for hydroxylation is 1. The van der Waals surface area contributed by atoms with Gasteiger partial charge in [0.05, 0.1) is 5.92 Å². The molecule has 0 aliphatic carbocycles. The van der Waals surface area contributed by atoms with E-state index in [1.165, 1.54) is 5.56 Å². The lowest BCUT2D eigenvalue weighted by Gasteiger charge is -2.17. The molecule has 0 bridgehead atoms. The number of carbonyl (C=O) groups excluding carboxylic acids is 3. The van der Waals surface area contributed by atoms with Gasteiger partial charge in [0.25, 0.3) is 5.91 Å². The Bertz CT molecular complexity index is 1160. The second kappa shape index (κ2) is 11.3. The molecule has 7 nitrogen and oxygen atoms in total. The molecule has 0 spiro atoms. The highest BCUT2D eigenvalue weighted by molar-refractivity contribution is 6.00. The van der Waals surface area contributed by atoms with Gasteiger partial charge in [-0.2, -0.15) is 0 Å². The van der Waals surface area contributed by atoms with Gasteiger partial charge in [0.1, 0.15) is 5.75 Å².